The summed E-state index contributed by atoms with van der Waals surface area (Å²) in [4.78, 5) is 9.88. The molecule has 18 heavy (non-hydrogen) atoms. The first-order valence-electron chi connectivity index (χ1n) is 6.37. The van der Waals surface area contributed by atoms with Crippen molar-refractivity contribution in [2.75, 3.05) is 31.1 Å². The molecule has 1 saturated heterocycles. The monoisotopic (exact) mass is 279 g/mol. The van der Waals surface area contributed by atoms with Gasteiger partial charge in [-0.3, -0.25) is 0 Å². The van der Waals surface area contributed by atoms with Gasteiger partial charge in [0.2, 0.25) is 0 Å². The van der Waals surface area contributed by atoms with E-state index in [2.05, 4.69) is 34.7 Å². The summed E-state index contributed by atoms with van der Waals surface area (Å²) in [5, 5.41) is 6.72. The van der Waals surface area contributed by atoms with Crippen molar-refractivity contribution in [2.45, 2.75) is 13.3 Å². The zero-order valence-electron chi connectivity index (χ0n) is 10.5. The minimum Gasteiger partial charge on any atom is -0.346 e. The fourth-order valence-electron chi connectivity index (χ4n) is 2.08. The van der Waals surface area contributed by atoms with Crippen molar-refractivity contribution in [3.8, 4) is 10.6 Å². The topological polar surface area (TPSA) is 28.2 Å². The van der Waals surface area contributed by atoms with Crippen LogP contribution < -0.4 is 10.2 Å². The van der Waals surface area contributed by atoms with E-state index in [0.29, 0.717) is 0 Å². The maximum atomic E-state index is 4.78. The Labute approximate surface area is 115 Å². The van der Waals surface area contributed by atoms with Crippen LogP contribution >= 0.6 is 22.7 Å². The predicted octanol–water partition coefficient (Wildman–Crippen LogP) is 2.84. The van der Waals surface area contributed by atoms with E-state index in [0.717, 1.165) is 43.4 Å². The van der Waals surface area contributed by atoms with Gasteiger partial charge in [-0.05, 0) is 18.6 Å². The number of aromatic nitrogens is 1. The second-order valence-corrected chi connectivity index (χ2v) is 6.38. The first-order chi connectivity index (χ1) is 8.86. The molecule has 0 aliphatic carbocycles. The van der Waals surface area contributed by atoms with Crippen LogP contribution in [0, 0.1) is 0 Å². The summed E-state index contributed by atoms with van der Waals surface area (Å²) in [6, 6.07) is 4.41. The summed E-state index contributed by atoms with van der Waals surface area (Å²) in [7, 11) is 0. The Bertz CT molecular complexity index is 512. The Kier molecular flexibility index (Phi) is 3.63. The zero-order valence-corrected chi connectivity index (χ0v) is 12.1. The van der Waals surface area contributed by atoms with E-state index in [4.69, 9.17) is 4.98 Å². The number of rotatable bonds is 3. The first kappa shape index (κ1) is 12.1. The molecule has 0 bridgehead atoms. The van der Waals surface area contributed by atoms with Crippen molar-refractivity contribution in [3.63, 3.8) is 0 Å². The van der Waals surface area contributed by atoms with Crippen LogP contribution in [0.3, 0.4) is 0 Å². The third-order valence-electron chi connectivity index (χ3n) is 3.14. The van der Waals surface area contributed by atoms with E-state index in [1.807, 2.05) is 11.3 Å². The van der Waals surface area contributed by atoms with E-state index in [-0.39, 0.29) is 0 Å². The molecule has 0 atom stereocenters. The smallest absolute Gasteiger partial charge is 0.185 e. The molecule has 2 aromatic heterocycles. The SMILES string of the molecule is CCc1ccc(-c2csc(N3CCNCC3)n2)s1. The van der Waals surface area contributed by atoms with Crippen LogP contribution in [0.25, 0.3) is 10.6 Å². The second-order valence-electron chi connectivity index (χ2n) is 4.37. The molecule has 0 aromatic carbocycles. The van der Waals surface area contributed by atoms with Crippen LogP contribution in [0.2, 0.25) is 0 Å². The Hall–Kier alpha value is -0.910. The fraction of sp³-hybridized carbons (Fsp3) is 0.462. The highest BCUT2D eigenvalue weighted by molar-refractivity contribution is 7.17. The van der Waals surface area contributed by atoms with Gasteiger partial charge < -0.3 is 10.2 Å². The van der Waals surface area contributed by atoms with Gasteiger partial charge in [-0.2, -0.15) is 0 Å². The highest BCUT2D eigenvalue weighted by Gasteiger charge is 2.15. The molecule has 1 N–H and O–H groups in total. The number of nitrogens with zero attached hydrogens (tertiary/aromatic N) is 2. The van der Waals surface area contributed by atoms with E-state index >= 15 is 0 Å². The van der Waals surface area contributed by atoms with Gasteiger partial charge in [0.15, 0.2) is 5.13 Å². The van der Waals surface area contributed by atoms with Gasteiger partial charge in [-0.25, -0.2) is 4.98 Å². The van der Waals surface area contributed by atoms with Gasteiger partial charge in [0.05, 0.1) is 10.6 Å². The van der Waals surface area contributed by atoms with Crippen molar-refractivity contribution < 1.29 is 0 Å². The average Bonchev–Trinajstić information content (AvgIpc) is 3.08. The first-order valence-corrected chi connectivity index (χ1v) is 8.06. The minimum absolute atomic E-state index is 1.06. The highest BCUT2D eigenvalue weighted by Crippen LogP contribution is 2.32. The summed E-state index contributed by atoms with van der Waals surface area (Å²) >= 11 is 3.62. The van der Waals surface area contributed by atoms with Crippen LogP contribution in [0.4, 0.5) is 5.13 Å². The molecule has 0 spiro atoms. The normalized spacial score (nSPS) is 16.2. The number of thiophene rings is 1. The maximum Gasteiger partial charge on any atom is 0.185 e. The Morgan fingerprint density at radius 2 is 2.17 bits per heavy atom. The van der Waals surface area contributed by atoms with E-state index in [9.17, 15) is 0 Å². The lowest BCUT2D eigenvalue weighted by atomic mass is 10.3. The van der Waals surface area contributed by atoms with Gasteiger partial charge >= 0.3 is 0 Å². The number of anilines is 1. The molecule has 3 heterocycles. The van der Waals surface area contributed by atoms with Crippen molar-refractivity contribution in [1.29, 1.82) is 0 Å². The summed E-state index contributed by atoms with van der Waals surface area (Å²) < 4.78 is 0. The van der Waals surface area contributed by atoms with Gasteiger partial charge in [-0.15, -0.1) is 22.7 Å². The van der Waals surface area contributed by atoms with Crippen molar-refractivity contribution in [3.05, 3.63) is 22.4 Å². The quantitative estimate of drug-likeness (QED) is 0.936. The largest absolute Gasteiger partial charge is 0.346 e. The van der Waals surface area contributed by atoms with Gasteiger partial charge in [0.25, 0.3) is 0 Å². The van der Waals surface area contributed by atoms with Crippen molar-refractivity contribution in [1.82, 2.24) is 10.3 Å². The number of nitrogens with one attached hydrogen (secondary N) is 1. The maximum absolute atomic E-state index is 4.78. The third-order valence-corrected chi connectivity index (χ3v) is 5.30. The molecule has 96 valence electrons. The number of piperazine rings is 1. The average molecular weight is 279 g/mol. The van der Waals surface area contributed by atoms with Gasteiger partial charge in [0, 0.05) is 36.4 Å². The third kappa shape index (κ3) is 2.43. The molecule has 3 nitrogen and oxygen atoms in total. The van der Waals surface area contributed by atoms with Crippen LogP contribution in [-0.2, 0) is 6.42 Å². The lowest BCUT2D eigenvalue weighted by Gasteiger charge is -2.26. The molecule has 5 heteroatoms. The van der Waals surface area contributed by atoms with Crippen LogP contribution in [-0.4, -0.2) is 31.2 Å². The van der Waals surface area contributed by atoms with E-state index in [1.54, 1.807) is 11.3 Å². The summed E-state index contributed by atoms with van der Waals surface area (Å²) in [5.41, 5.74) is 1.14. The molecule has 0 saturated carbocycles. The molecule has 0 radical (unpaired) electrons. The number of aryl methyl sites for hydroxylation is 1. The van der Waals surface area contributed by atoms with Crippen molar-refractivity contribution >= 4 is 27.8 Å². The number of thiazole rings is 1. The van der Waals surface area contributed by atoms with Crippen LogP contribution in [0.15, 0.2) is 17.5 Å². The van der Waals surface area contributed by atoms with Gasteiger partial charge in [-0.1, -0.05) is 6.92 Å². The molecular weight excluding hydrogens is 262 g/mol. The lowest BCUT2D eigenvalue weighted by Crippen LogP contribution is -2.43. The Balaban J connectivity index is 1.79. The standard InChI is InChI=1S/C13H17N3S2/c1-2-10-3-4-12(18-10)11-9-17-13(15-11)16-7-5-14-6-8-16/h3-4,9,14H,2,5-8H2,1H3. The molecule has 2 aromatic rings. The summed E-state index contributed by atoms with van der Waals surface area (Å²) in [5.74, 6) is 0. The Morgan fingerprint density at radius 1 is 1.33 bits per heavy atom. The van der Waals surface area contributed by atoms with Crippen LogP contribution in [0.1, 0.15) is 11.8 Å². The fourth-order valence-corrected chi connectivity index (χ4v) is 3.95. The second kappa shape index (κ2) is 5.38. The van der Waals surface area contributed by atoms with Crippen molar-refractivity contribution in [2.24, 2.45) is 0 Å². The molecule has 1 fully saturated rings. The van der Waals surface area contributed by atoms with E-state index in [1.165, 1.54) is 9.75 Å². The summed E-state index contributed by atoms with van der Waals surface area (Å²) in [6.07, 6.45) is 1.11. The zero-order chi connectivity index (χ0) is 12.4. The highest BCUT2D eigenvalue weighted by atomic mass is 32.1. The number of hydrogen-bond acceptors (Lipinski definition) is 5. The predicted molar refractivity (Wildman–Crippen MR) is 79.9 cm³/mol. The number of hydrogen-bond donors (Lipinski definition) is 1. The minimum atomic E-state index is 1.06. The molecule has 3 rings (SSSR count). The molecule has 0 unspecified atom stereocenters. The van der Waals surface area contributed by atoms with E-state index < -0.39 is 0 Å². The molecule has 1 aliphatic heterocycles. The summed E-state index contributed by atoms with van der Waals surface area (Å²) in [6.45, 7) is 6.46. The molecule has 1 aliphatic rings. The van der Waals surface area contributed by atoms with Crippen LogP contribution in [0.5, 0.6) is 0 Å². The Morgan fingerprint density at radius 3 is 2.89 bits per heavy atom. The van der Waals surface area contributed by atoms with Gasteiger partial charge in [0.1, 0.15) is 0 Å². The lowest BCUT2D eigenvalue weighted by molar-refractivity contribution is 0.588. The molecular formula is C13H17N3S2. The molecule has 0 amide bonds.